The standard InChI is InChI=1S/C13H12N4O2/c1-2-19-11-6-4-3-5-10(11)16-12-7-9(8-14)15-13(18)17-12/h3-7H,2H2,1H3,(H2,15,16,17,18). The number of aromatic amines is 1. The highest BCUT2D eigenvalue weighted by Crippen LogP contribution is 2.26. The molecular formula is C13H12N4O2. The first-order chi connectivity index (χ1) is 9.22. The monoisotopic (exact) mass is 256 g/mol. The molecule has 1 aromatic carbocycles. The summed E-state index contributed by atoms with van der Waals surface area (Å²) in [4.78, 5) is 17.4. The summed E-state index contributed by atoms with van der Waals surface area (Å²) in [6.07, 6.45) is 0. The van der Waals surface area contributed by atoms with Crippen molar-refractivity contribution >= 4 is 11.5 Å². The second-order valence-corrected chi connectivity index (χ2v) is 3.65. The van der Waals surface area contributed by atoms with Crippen LogP contribution in [-0.2, 0) is 0 Å². The van der Waals surface area contributed by atoms with Gasteiger partial charge in [-0.25, -0.2) is 4.79 Å². The number of benzene rings is 1. The Bertz CT molecular complexity index is 673. The molecule has 6 nitrogen and oxygen atoms in total. The molecule has 0 bridgehead atoms. The van der Waals surface area contributed by atoms with Crippen LogP contribution < -0.4 is 15.7 Å². The van der Waals surface area contributed by atoms with Gasteiger partial charge in [-0.1, -0.05) is 12.1 Å². The average molecular weight is 256 g/mol. The van der Waals surface area contributed by atoms with Gasteiger partial charge in [-0.3, -0.25) is 4.98 Å². The molecule has 2 aromatic rings. The van der Waals surface area contributed by atoms with Gasteiger partial charge in [0, 0.05) is 6.07 Å². The van der Waals surface area contributed by atoms with Crippen LogP contribution in [0, 0.1) is 11.3 Å². The lowest BCUT2D eigenvalue weighted by Gasteiger charge is -2.11. The summed E-state index contributed by atoms with van der Waals surface area (Å²) in [6.45, 7) is 2.42. The SMILES string of the molecule is CCOc1ccccc1Nc1cc(C#N)[nH]c(=O)n1. The second kappa shape index (κ2) is 5.69. The summed E-state index contributed by atoms with van der Waals surface area (Å²) in [5.41, 5.74) is 0.262. The van der Waals surface area contributed by atoms with Crippen LogP contribution in [0.4, 0.5) is 11.5 Å². The summed E-state index contributed by atoms with van der Waals surface area (Å²) in [6, 6.07) is 10.6. The van der Waals surface area contributed by atoms with Gasteiger partial charge in [0.1, 0.15) is 23.3 Å². The van der Waals surface area contributed by atoms with E-state index in [2.05, 4.69) is 15.3 Å². The molecule has 1 aromatic heterocycles. The van der Waals surface area contributed by atoms with Gasteiger partial charge in [0.15, 0.2) is 0 Å². The van der Waals surface area contributed by atoms with E-state index in [1.807, 2.05) is 31.2 Å². The summed E-state index contributed by atoms with van der Waals surface area (Å²) >= 11 is 0. The molecule has 6 heteroatoms. The van der Waals surface area contributed by atoms with Crippen molar-refractivity contribution in [1.29, 1.82) is 5.26 Å². The fourth-order valence-electron chi connectivity index (χ4n) is 1.57. The summed E-state index contributed by atoms with van der Waals surface area (Å²) < 4.78 is 5.45. The fraction of sp³-hybridized carbons (Fsp3) is 0.154. The maximum atomic E-state index is 11.3. The zero-order chi connectivity index (χ0) is 13.7. The number of nitrogens with one attached hydrogen (secondary N) is 2. The van der Waals surface area contributed by atoms with Gasteiger partial charge < -0.3 is 10.1 Å². The number of para-hydroxylation sites is 2. The average Bonchev–Trinajstić information content (AvgIpc) is 2.40. The quantitative estimate of drug-likeness (QED) is 0.870. The topological polar surface area (TPSA) is 90.8 Å². The molecule has 19 heavy (non-hydrogen) atoms. The van der Waals surface area contributed by atoms with Crippen LogP contribution in [0.2, 0.25) is 0 Å². The molecule has 0 fully saturated rings. The number of anilines is 2. The first kappa shape index (κ1) is 12.6. The molecule has 1 heterocycles. The Morgan fingerprint density at radius 2 is 2.26 bits per heavy atom. The first-order valence-electron chi connectivity index (χ1n) is 5.73. The number of rotatable bonds is 4. The number of hydrogen-bond donors (Lipinski definition) is 2. The van der Waals surface area contributed by atoms with Crippen molar-refractivity contribution < 1.29 is 4.74 Å². The number of aromatic nitrogens is 2. The molecule has 0 saturated carbocycles. The molecule has 0 saturated heterocycles. The minimum Gasteiger partial charge on any atom is -0.492 e. The zero-order valence-electron chi connectivity index (χ0n) is 10.3. The maximum Gasteiger partial charge on any atom is 0.347 e. The third-order valence-corrected chi connectivity index (χ3v) is 2.31. The molecule has 0 atom stereocenters. The van der Waals surface area contributed by atoms with Crippen LogP contribution in [-0.4, -0.2) is 16.6 Å². The number of nitrogens with zero attached hydrogens (tertiary/aromatic N) is 2. The van der Waals surface area contributed by atoms with E-state index in [1.54, 1.807) is 6.07 Å². The number of H-pyrrole nitrogens is 1. The lowest BCUT2D eigenvalue weighted by molar-refractivity contribution is 0.342. The second-order valence-electron chi connectivity index (χ2n) is 3.65. The Morgan fingerprint density at radius 1 is 1.47 bits per heavy atom. The Balaban J connectivity index is 2.34. The van der Waals surface area contributed by atoms with E-state index in [-0.39, 0.29) is 5.69 Å². The molecule has 0 aliphatic rings. The Morgan fingerprint density at radius 3 is 3.00 bits per heavy atom. The van der Waals surface area contributed by atoms with Crippen molar-refractivity contribution in [3.8, 4) is 11.8 Å². The van der Waals surface area contributed by atoms with Crippen molar-refractivity contribution in [2.45, 2.75) is 6.92 Å². The van der Waals surface area contributed by atoms with Crippen molar-refractivity contribution in [2.24, 2.45) is 0 Å². The number of ether oxygens (including phenoxy) is 1. The number of nitriles is 1. The van der Waals surface area contributed by atoms with Gasteiger partial charge in [0.2, 0.25) is 0 Å². The van der Waals surface area contributed by atoms with E-state index in [1.165, 1.54) is 6.07 Å². The van der Waals surface area contributed by atoms with Gasteiger partial charge in [-0.2, -0.15) is 10.2 Å². The largest absolute Gasteiger partial charge is 0.492 e. The van der Waals surface area contributed by atoms with Crippen molar-refractivity contribution in [3.63, 3.8) is 0 Å². The normalized spacial score (nSPS) is 9.68. The molecule has 0 aliphatic carbocycles. The molecular weight excluding hydrogens is 244 g/mol. The van der Waals surface area contributed by atoms with E-state index in [0.717, 1.165) is 0 Å². The number of hydrogen-bond acceptors (Lipinski definition) is 5. The van der Waals surface area contributed by atoms with E-state index in [0.29, 0.717) is 23.9 Å². The zero-order valence-corrected chi connectivity index (χ0v) is 10.3. The van der Waals surface area contributed by atoms with Crippen molar-refractivity contribution in [1.82, 2.24) is 9.97 Å². The highest BCUT2D eigenvalue weighted by atomic mass is 16.5. The fourth-order valence-corrected chi connectivity index (χ4v) is 1.57. The molecule has 0 aliphatic heterocycles. The van der Waals surface area contributed by atoms with E-state index < -0.39 is 5.69 Å². The summed E-state index contributed by atoms with van der Waals surface area (Å²) in [7, 11) is 0. The third-order valence-electron chi connectivity index (χ3n) is 2.31. The van der Waals surface area contributed by atoms with Crippen molar-refractivity contribution in [2.75, 3.05) is 11.9 Å². The van der Waals surface area contributed by atoms with Gasteiger partial charge in [0.25, 0.3) is 0 Å². The van der Waals surface area contributed by atoms with Crippen LogP contribution in [0.25, 0.3) is 0 Å². The van der Waals surface area contributed by atoms with Crippen LogP contribution in [0.3, 0.4) is 0 Å². The van der Waals surface area contributed by atoms with Gasteiger partial charge in [-0.05, 0) is 19.1 Å². The minimum absolute atomic E-state index is 0.149. The highest BCUT2D eigenvalue weighted by molar-refractivity contribution is 5.64. The van der Waals surface area contributed by atoms with E-state index in [4.69, 9.17) is 10.00 Å². The van der Waals surface area contributed by atoms with Crippen LogP contribution in [0.1, 0.15) is 12.6 Å². The predicted molar refractivity (Wildman–Crippen MR) is 70.5 cm³/mol. The van der Waals surface area contributed by atoms with E-state index >= 15 is 0 Å². The smallest absolute Gasteiger partial charge is 0.347 e. The van der Waals surface area contributed by atoms with Gasteiger partial charge in [-0.15, -0.1) is 0 Å². The summed E-state index contributed by atoms with van der Waals surface area (Å²) in [5.74, 6) is 0.957. The molecule has 0 amide bonds. The van der Waals surface area contributed by atoms with Gasteiger partial charge in [0.05, 0.1) is 12.3 Å². The Kier molecular flexibility index (Phi) is 3.78. The molecule has 0 unspecified atom stereocenters. The molecule has 0 spiro atoms. The highest BCUT2D eigenvalue weighted by Gasteiger charge is 2.05. The van der Waals surface area contributed by atoms with E-state index in [9.17, 15) is 4.79 Å². The molecule has 0 radical (unpaired) electrons. The Labute approximate surface area is 109 Å². The lowest BCUT2D eigenvalue weighted by Crippen LogP contribution is -2.13. The van der Waals surface area contributed by atoms with Crippen molar-refractivity contribution in [3.05, 3.63) is 46.5 Å². The van der Waals surface area contributed by atoms with Gasteiger partial charge >= 0.3 is 5.69 Å². The summed E-state index contributed by atoms with van der Waals surface area (Å²) in [5, 5.41) is 11.8. The predicted octanol–water partition coefficient (Wildman–Crippen LogP) is 1.78. The molecule has 2 rings (SSSR count). The maximum absolute atomic E-state index is 11.3. The first-order valence-corrected chi connectivity index (χ1v) is 5.73. The Hall–Kier alpha value is -2.81. The van der Waals surface area contributed by atoms with Crippen LogP contribution in [0.5, 0.6) is 5.75 Å². The minimum atomic E-state index is -0.574. The lowest BCUT2D eigenvalue weighted by atomic mass is 10.3. The van der Waals surface area contributed by atoms with Crippen LogP contribution in [0.15, 0.2) is 35.1 Å². The molecule has 96 valence electrons. The third kappa shape index (κ3) is 3.10. The molecule has 2 N–H and O–H groups in total. The van der Waals surface area contributed by atoms with Crippen LogP contribution >= 0.6 is 0 Å².